The smallest absolute Gasteiger partial charge is 0.305 e. The van der Waals surface area contributed by atoms with Crippen LogP contribution in [0.25, 0.3) is 0 Å². The second-order valence-electron chi connectivity index (χ2n) is 12.2. The number of hydrogen-bond acceptors (Lipinski definition) is 9. The largest absolute Gasteiger partial charge is 0.458 e. The minimum absolute atomic E-state index is 0.00213. The van der Waals surface area contributed by atoms with Crippen molar-refractivity contribution in [2.75, 3.05) is 0 Å². The highest BCUT2D eigenvalue weighted by Crippen LogP contribution is 2.70. The van der Waals surface area contributed by atoms with Gasteiger partial charge in [-0.2, -0.15) is 0 Å². The van der Waals surface area contributed by atoms with Crippen molar-refractivity contribution >= 4 is 11.9 Å². The van der Waals surface area contributed by atoms with Gasteiger partial charge >= 0.3 is 11.9 Å². The van der Waals surface area contributed by atoms with Gasteiger partial charge in [0.05, 0.1) is 23.4 Å². The summed E-state index contributed by atoms with van der Waals surface area (Å²) in [4.78, 5) is 25.1. The molecule has 0 aromatic rings. The highest BCUT2D eigenvalue weighted by molar-refractivity contribution is 5.70. The lowest BCUT2D eigenvalue weighted by molar-refractivity contribution is -0.241. The molecule has 0 heterocycles. The number of ether oxygens (including phenoxy) is 2. The van der Waals surface area contributed by atoms with Gasteiger partial charge in [-0.05, 0) is 45.4 Å². The summed E-state index contributed by atoms with van der Waals surface area (Å²) in [6, 6.07) is 0. The van der Waals surface area contributed by atoms with Gasteiger partial charge in [0.2, 0.25) is 0 Å². The van der Waals surface area contributed by atoms with Gasteiger partial charge in [-0.25, -0.2) is 0 Å². The Morgan fingerprint density at radius 2 is 1.56 bits per heavy atom. The Balaban J connectivity index is 2.05. The van der Waals surface area contributed by atoms with Gasteiger partial charge in [-0.3, -0.25) is 9.59 Å². The lowest BCUT2D eigenvalue weighted by Crippen LogP contribution is -2.65. The Labute approximate surface area is 200 Å². The van der Waals surface area contributed by atoms with Crippen LogP contribution >= 0.6 is 0 Å². The zero-order valence-corrected chi connectivity index (χ0v) is 20.9. The average Bonchev–Trinajstić information content (AvgIpc) is 2.94. The SMILES string of the molecule is CCC(=O)OC1C(OC(C)=O)[C@@]2(O)C(CC(O)C2(C)C)[C@](C)(O)C2CCC3C(O)[C@]12C[C@@]3(C)O. The van der Waals surface area contributed by atoms with Crippen molar-refractivity contribution in [1.82, 2.24) is 0 Å². The molecular weight excluding hydrogens is 444 g/mol. The molecule has 4 fully saturated rings. The minimum Gasteiger partial charge on any atom is -0.458 e. The Morgan fingerprint density at radius 1 is 0.941 bits per heavy atom. The van der Waals surface area contributed by atoms with E-state index < -0.39 is 81.7 Å². The Hall–Kier alpha value is -1.26. The Morgan fingerprint density at radius 3 is 2.12 bits per heavy atom. The van der Waals surface area contributed by atoms with Crippen LogP contribution in [0.15, 0.2) is 0 Å². The van der Waals surface area contributed by atoms with Gasteiger partial charge < -0.3 is 35.0 Å². The van der Waals surface area contributed by atoms with Gasteiger partial charge in [-0.1, -0.05) is 20.8 Å². The highest BCUT2D eigenvalue weighted by atomic mass is 16.6. The zero-order chi connectivity index (χ0) is 25.6. The normalized spacial score (nSPS) is 53.4. The summed E-state index contributed by atoms with van der Waals surface area (Å²) in [6.45, 7) is 9.27. The fourth-order valence-electron chi connectivity index (χ4n) is 8.43. The summed E-state index contributed by atoms with van der Waals surface area (Å²) in [5, 5.41) is 58.6. The van der Waals surface area contributed by atoms with Crippen LogP contribution in [0, 0.1) is 28.6 Å². The Kier molecular flexibility index (Phi) is 5.79. The summed E-state index contributed by atoms with van der Waals surface area (Å²) in [5.74, 6) is -3.53. The second-order valence-corrected chi connectivity index (χ2v) is 12.2. The first-order chi connectivity index (χ1) is 15.5. The molecule has 9 heteroatoms. The van der Waals surface area contributed by atoms with Gasteiger partial charge in [0.25, 0.3) is 0 Å². The molecule has 0 aliphatic heterocycles. The predicted octanol–water partition coefficient (Wildman–Crippen LogP) is 0.671. The van der Waals surface area contributed by atoms with Crippen molar-refractivity contribution in [2.24, 2.45) is 28.6 Å². The summed E-state index contributed by atoms with van der Waals surface area (Å²) < 4.78 is 11.7. The van der Waals surface area contributed by atoms with Crippen LogP contribution in [0.4, 0.5) is 0 Å². The molecule has 4 aliphatic carbocycles. The van der Waals surface area contributed by atoms with Crippen LogP contribution < -0.4 is 0 Å². The Bertz CT molecular complexity index is 866. The number of fused-ring (bicyclic) bond motifs is 2. The van der Waals surface area contributed by atoms with Gasteiger partial charge in [-0.15, -0.1) is 0 Å². The molecule has 11 atom stereocenters. The van der Waals surface area contributed by atoms with Gasteiger partial charge in [0.15, 0.2) is 12.2 Å². The molecule has 34 heavy (non-hydrogen) atoms. The summed E-state index contributed by atoms with van der Waals surface area (Å²) >= 11 is 0. The number of rotatable bonds is 3. The van der Waals surface area contributed by atoms with E-state index in [2.05, 4.69) is 0 Å². The topological polar surface area (TPSA) is 154 Å². The lowest BCUT2D eigenvalue weighted by Gasteiger charge is -2.52. The number of carbonyl (C=O) groups is 2. The standard InChI is InChI=1S/C25H40O9/c1-7-17(28)34-19-20(33-12(2)26)25(32)15(10-16(27)21(25,3)4)23(6,31)14-9-8-13-18(29)24(14,19)11-22(13,5)30/h13-16,18-20,27,29-32H,7-11H2,1-6H3/t13?,14?,15?,16?,18?,19?,20?,22-,23-,24-,25+/m1/s1. The van der Waals surface area contributed by atoms with Crippen molar-refractivity contribution in [3.8, 4) is 0 Å². The van der Waals surface area contributed by atoms with E-state index in [1.165, 1.54) is 6.92 Å². The first-order valence-electron chi connectivity index (χ1n) is 12.4. The molecule has 4 rings (SSSR count). The molecule has 194 valence electrons. The summed E-state index contributed by atoms with van der Waals surface area (Å²) in [6.07, 6.45) is -4.15. The fourth-order valence-corrected chi connectivity index (χ4v) is 8.43. The zero-order valence-electron chi connectivity index (χ0n) is 20.9. The van der Waals surface area contributed by atoms with E-state index in [-0.39, 0.29) is 19.3 Å². The van der Waals surface area contributed by atoms with E-state index in [1.54, 1.807) is 34.6 Å². The van der Waals surface area contributed by atoms with Crippen LogP contribution in [0.5, 0.6) is 0 Å². The average molecular weight is 485 g/mol. The molecule has 4 saturated carbocycles. The van der Waals surface area contributed by atoms with Crippen molar-refractivity contribution in [1.29, 1.82) is 0 Å². The first-order valence-corrected chi connectivity index (χ1v) is 12.4. The third kappa shape index (κ3) is 3.03. The van der Waals surface area contributed by atoms with Crippen LogP contribution in [0.3, 0.4) is 0 Å². The molecule has 9 nitrogen and oxygen atoms in total. The fraction of sp³-hybridized carbons (Fsp3) is 0.920. The van der Waals surface area contributed by atoms with Gasteiger partial charge in [0.1, 0.15) is 5.60 Å². The highest BCUT2D eigenvalue weighted by Gasteiger charge is 2.81. The van der Waals surface area contributed by atoms with E-state index in [1.807, 2.05) is 0 Å². The minimum atomic E-state index is -1.99. The van der Waals surface area contributed by atoms with E-state index in [4.69, 9.17) is 9.47 Å². The third-order valence-corrected chi connectivity index (χ3v) is 10.2. The molecule has 2 bridgehead atoms. The number of hydrogen-bond donors (Lipinski definition) is 5. The number of carbonyl (C=O) groups excluding carboxylic acids is 2. The van der Waals surface area contributed by atoms with E-state index >= 15 is 0 Å². The van der Waals surface area contributed by atoms with Gasteiger partial charge in [0, 0.05) is 36.0 Å². The number of esters is 2. The lowest BCUT2D eigenvalue weighted by atomic mass is 9.56. The molecule has 4 aliphatic rings. The quantitative estimate of drug-likeness (QED) is 0.364. The molecule has 1 spiro atoms. The number of aliphatic hydroxyl groups is 5. The summed E-state index contributed by atoms with van der Waals surface area (Å²) in [5.41, 5.74) is -7.58. The molecule has 0 aromatic heterocycles. The van der Waals surface area contributed by atoms with Crippen molar-refractivity contribution in [3.05, 3.63) is 0 Å². The van der Waals surface area contributed by atoms with Crippen LogP contribution in [-0.2, 0) is 19.1 Å². The first kappa shape index (κ1) is 25.8. The van der Waals surface area contributed by atoms with Crippen LogP contribution in [0.2, 0.25) is 0 Å². The molecule has 5 N–H and O–H groups in total. The summed E-state index contributed by atoms with van der Waals surface area (Å²) in [7, 11) is 0. The number of aliphatic hydroxyl groups excluding tert-OH is 2. The third-order valence-electron chi connectivity index (χ3n) is 10.2. The van der Waals surface area contributed by atoms with Crippen molar-refractivity contribution < 1.29 is 44.6 Å². The molecule has 7 unspecified atom stereocenters. The van der Waals surface area contributed by atoms with Crippen LogP contribution in [0.1, 0.15) is 73.6 Å². The molecular formula is C25H40O9. The maximum Gasteiger partial charge on any atom is 0.305 e. The van der Waals surface area contributed by atoms with E-state index in [0.29, 0.717) is 12.8 Å². The molecule has 0 saturated heterocycles. The van der Waals surface area contributed by atoms with E-state index in [0.717, 1.165) is 0 Å². The van der Waals surface area contributed by atoms with E-state index in [9.17, 15) is 35.1 Å². The van der Waals surface area contributed by atoms with Crippen molar-refractivity contribution in [3.63, 3.8) is 0 Å². The predicted molar refractivity (Wildman–Crippen MR) is 119 cm³/mol. The molecule has 0 amide bonds. The maximum atomic E-state index is 12.7. The monoisotopic (exact) mass is 484 g/mol. The second kappa shape index (κ2) is 7.62. The molecule has 0 radical (unpaired) electrons. The van der Waals surface area contributed by atoms with Crippen LogP contribution in [-0.4, -0.2) is 78.7 Å². The van der Waals surface area contributed by atoms with Crippen molar-refractivity contribution in [2.45, 2.75) is 115 Å². The molecule has 0 aromatic carbocycles. The maximum absolute atomic E-state index is 12.7.